The molecular weight excluding hydrogens is 305 g/mol. The van der Waals surface area contributed by atoms with Gasteiger partial charge in [0.25, 0.3) is 0 Å². The standard InChI is InChI=1S/C17H19Cl2NO/c1-16(2)10-4-7-14(16)17(3,9-10)15(21)20-11-5-6-12(18)13(19)8-11/h4-8,10,14H,9H2,1-3H3,(H,20,21)/t10-,14+,17-/m1/s1. The Morgan fingerprint density at radius 1 is 1.19 bits per heavy atom. The van der Waals surface area contributed by atoms with Crippen LogP contribution in [0.15, 0.2) is 30.4 Å². The van der Waals surface area contributed by atoms with Crippen molar-refractivity contribution in [3.05, 3.63) is 40.4 Å². The molecule has 1 N–H and O–H groups in total. The fourth-order valence-electron chi connectivity index (χ4n) is 4.00. The highest BCUT2D eigenvalue weighted by Gasteiger charge is 2.59. The molecule has 1 fully saturated rings. The smallest absolute Gasteiger partial charge is 0.230 e. The van der Waals surface area contributed by atoms with E-state index in [-0.39, 0.29) is 22.7 Å². The lowest BCUT2D eigenvalue weighted by Gasteiger charge is -2.33. The second-order valence-electron chi connectivity index (χ2n) is 7.00. The summed E-state index contributed by atoms with van der Waals surface area (Å²) >= 11 is 11.9. The number of nitrogens with one attached hydrogen (secondary N) is 1. The lowest BCUT2D eigenvalue weighted by Crippen LogP contribution is -2.39. The summed E-state index contributed by atoms with van der Waals surface area (Å²) in [5, 5.41) is 3.94. The zero-order chi connectivity index (χ0) is 15.4. The first kappa shape index (κ1) is 14.9. The molecule has 0 aliphatic heterocycles. The van der Waals surface area contributed by atoms with Gasteiger partial charge in [-0.25, -0.2) is 0 Å². The molecule has 0 saturated heterocycles. The fraction of sp³-hybridized carbons (Fsp3) is 0.471. The van der Waals surface area contributed by atoms with E-state index in [1.54, 1.807) is 18.2 Å². The van der Waals surface area contributed by atoms with Gasteiger partial charge in [-0.2, -0.15) is 0 Å². The number of rotatable bonds is 2. The molecule has 1 aromatic carbocycles. The number of benzene rings is 1. The van der Waals surface area contributed by atoms with Crippen molar-refractivity contribution in [2.24, 2.45) is 22.7 Å². The minimum absolute atomic E-state index is 0.0609. The SMILES string of the molecule is CC1(C)[C@@H]2C=C[C@@H]1[C@](C)(C(=O)Nc1ccc(Cl)c(Cl)c1)C2. The van der Waals surface area contributed by atoms with Crippen LogP contribution in [0.5, 0.6) is 0 Å². The Labute approximate surface area is 135 Å². The van der Waals surface area contributed by atoms with Crippen LogP contribution in [0.25, 0.3) is 0 Å². The molecule has 2 bridgehead atoms. The molecule has 0 spiro atoms. The summed E-state index contributed by atoms with van der Waals surface area (Å²) in [6.07, 6.45) is 5.37. The van der Waals surface area contributed by atoms with Crippen molar-refractivity contribution < 1.29 is 4.79 Å². The maximum Gasteiger partial charge on any atom is 0.230 e. The van der Waals surface area contributed by atoms with Crippen molar-refractivity contribution >= 4 is 34.8 Å². The highest BCUT2D eigenvalue weighted by Crippen LogP contribution is 2.62. The molecule has 2 aliphatic carbocycles. The number of hydrogen-bond donors (Lipinski definition) is 1. The van der Waals surface area contributed by atoms with Gasteiger partial charge in [0.05, 0.1) is 15.5 Å². The average Bonchev–Trinajstić information content (AvgIpc) is 2.80. The maximum absolute atomic E-state index is 12.8. The van der Waals surface area contributed by atoms with Crippen molar-refractivity contribution in [1.82, 2.24) is 0 Å². The van der Waals surface area contributed by atoms with E-state index in [1.807, 2.05) is 0 Å². The number of fused-ring (bicyclic) bond motifs is 2. The van der Waals surface area contributed by atoms with Crippen molar-refractivity contribution in [3.8, 4) is 0 Å². The lowest BCUT2D eigenvalue weighted by atomic mass is 9.72. The third-order valence-electron chi connectivity index (χ3n) is 5.32. The minimum atomic E-state index is -0.366. The zero-order valence-electron chi connectivity index (χ0n) is 12.4. The lowest BCUT2D eigenvalue weighted by molar-refractivity contribution is -0.126. The third-order valence-corrected chi connectivity index (χ3v) is 6.06. The largest absolute Gasteiger partial charge is 0.326 e. The summed E-state index contributed by atoms with van der Waals surface area (Å²) in [7, 11) is 0. The number of halogens is 2. The summed E-state index contributed by atoms with van der Waals surface area (Å²) in [5.41, 5.74) is 0.485. The van der Waals surface area contributed by atoms with Crippen molar-refractivity contribution in [2.45, 2.75) is 27.2 Å². The first-order valence-electron chi connectivity index (χ1n) is 7.20. The Morgan fingerprint density at radius 2 is 1.90 bits per heavy atom. The van der Waals surface area contributed by atoms with E-state index in [0.29, 0.717) is 21.7 Å². The zero-order valence-corrected chi connectivity index (χ0v) is 13.9. The van der Waals surface area contributed by atoms with Gasteiger partial charge in [0.15, 0.2) is 0 Å². The summed E-state index contributed by atoms with van der Waals surface area (Å²) in [4.78, 5) is 12.8. The monoisotopic (exact) mass is 323 g/mol. The molecule has 2 aliphatic rings. The Morgan fingerprint density at radius 3 is 2.43 bits per heavy atom. The van der Waals surface area contributed by atoms with Gasteiger partial charge in [0, 0.05) is 5.69 Å². The number of anilines is 1. The first-order chi connectivity index (χ1) is 9.75. The molecule has 3 rings (SSSR count). The van der Waals surface area contributed by atoms with E-state index in [2.05, 4.69) is 38.2 Å². The van der Waals surface area contributed by atoms with Gasteiger partial charge in [0.2, 0.25) is 5.91 Å². The number of hydrogen-bond acceptors (Lipinski definition) is 1. The number of carbonyl (C=O) groups excluding carboxylic acids is 1. The van der Waals surface area contributed by atoms with Crippen LogP contribution in [0.3, 0.4) is 0 Å². The van der Waals surface area contributed by atoms with E-state index in [1.165, 1.54) is 0 Å². The van der Waals surface area contributed by atoms with Crippen molar-refractivity contribution in [1.29, 1.82) is 0 Å². The van der Waals surface area contributed by atoms with Crippen molar-refractivity contribution in [3.63, 3.8) is 0 Å². The van der Waals surface area contributed by atoms with Crippen LogP contribution >= 0.6 is 23.2 Å². The number of carbonyl (C=O) groups is 1. The molecule has 21 heavy (non-hydrogen) atoms. The molecule has 3 atom stereocenters. The van der Waals surface area contributed by atoms with Gasteiger partial charge in [0.1, 0.15) is 0 Å². The van der Waals surface area contributed by atoms with E-state index >= 15 is 0 Å². The highest BCUT2D eigenvalue weighted by atomic mass is 35.5. The Kier molecular flexibility index (Phi) is 3.38. The topological polar surface area (TPSA) is 29.1 Å². The van der Waals surface area contributed by atoms with Crippen LogP contribution < -0.4 is 5.32 Å². The van der Waals surface area contributed by atoms with Crippen LogP contribution in [0.1, 0.15) is 27.2 Å². The number of allylic oxidation sites excluding steroid dienone is 2. The summed E-state index contributed by atoms with van der Waals surface area (Å²) in [6, 6.07) is 5.18. The predicted molar refractivity (Wildman–Crippen MR) is 87.7 cm³/mol. The van der Waals surface area contributed by atoms with Gasteiger partial charge >= 0.3 is 0 Å². The summed E-state index contributed by atoms with van der Waals surface area (Å²) in [6.45, 7) is 6.57. The fourth-order valence-corrected chi connectivity index (χ4v) is 4.30. The molecule has 112 valence electrons. The quantitative estimate of drug-likeness (QED) is 0.747. The van der Waals surface area contributed by atoms with Crippen LogP contribution in [-0.4, -0.2) is 5.91 Å². The van der Waals surface area contributed by atoms with Gasteiger partial charge in [-0.05, 0) is 41.9 Å². The van der Waals surface area contributed by atoms with Crippen LogP contribution in [-0.2, 0) is 4.79 Å². The Balaban J connectivity index is 1.83. The molecule has 1 saturated carbocycles. The minimum Gasteiger partial charge on any atom is -0.326 e. The van der Waals surface area contributed by atoms with Crippen molar-refractivity contribution in [2.75, 3.05) is 5.32 Å². The second-order valence-corrected chi connectivity index (χ2v) is 7.81. The van der Waals surface area contributed by atoms with Gasteiger partial charge in [-0.3, -0.25) is 4.79 Å². The second kappa shape index (κ2) is 4.76. The molecule has 0 aromatic heterocycles. The molecule has 0 unspecified atom stereocenters. The maximum atomic E-state index is 12.8. The van der Waals surface area contributed by atoms with Gasteiger partial charge < -0.3 is 5.32 Å². The van der Waals surface area contributed by atoms with E-state index < -0.39 is 0 Å². The van der Waals surface area contributed by atoms with Crippen LogP contribution in [0.4, 0.5) is 5.69 Å². The van der Waals surface area contributed by atoms with Crippen LogP contribution in [0, 0.1) is 22.7 Å². The van der Waals surface area contributed by atoms with Gasteiger partial charge in [-0.1, -0.05) is 56.1 Å². The summed E-state index contributed by atoms with van der Waals surface area (Å²) < 4.78 is 0. The predicted octanol–water partition coefficient (Wildman–Crippen LogP) is 5.17. The molecular formula is C17H19Cl2NO. The Hall–Kier alpha value is -0.990. The van der Waals surface area contributed by atoms with E-state index in [9.17, 15) is 4.79 Å². The molecule has 0 radical (unpaired) electrons. The number of amides is 1. The molecule has 2 nitrogen and oxygen atoms in total. The van der Waals surface area contributed by atoms with E-state index in [0.717, 1.165) is 6.42 Å². The van der Waals surface area contributed by atoms with Gasteiger partial charge in [-0.15, -0.1) is 0 Å². The van der Waals surface area contributed by atoms with Crippen LogP contribution in [0.2, 0.25) is 10.0 Å². The Bertz CT molecular complexity index is 638. The molecule has 0 heterocycles. The molecule has 4 heteroatoms. The van der Waals surface area contributed by atoms with E-state index in [4.69, 9.17) is 23.2 Å². The average molecular weight is 324 g/mol. The molecule has 1 amide bonds. The molecule has 1 aromatic rings. The third kappa shape index (κ3) is 2.20. The first-order valence-corrected chi connectivity index (χ1v) is 7.95. The highest BCUT2D eigenvalue weighted by molar-refractivity contribution is 6.42. The summed E-state index contributed by atoms with van der Waals surface area (Å²) in [5.74, 6) is 0.815. The normalized spacial score (nSPS) is 32.4.